The average Bonchev–Trinajstić information content (AvgIpc) is 2.74. The Morgan fingerprint density at radius 1 is 1.19 bits per heavy atom. The lowest BCUT2D eigenvalue weighted by Gasteiger charge is -2.25. The van der Waals surface area contributed by atoms with E-state index in [1.807, 2.05) is 12.3 Å². The van der Waals surface area contributed by atoms with E-state index in [0.717, 1.165) is 0 Å². The van der Waals surface area contributed by atoms with Crippen LogP contribution in [0.25, 0.3) is 16.9 Å². The van der Waals surface area contributed by atoms with E-state index in [1.165, 1.54) is 41.6 Å². The number of anilines is 1. The third-order valence-corrected chi connectivity index (χ3v) is 4.11. The fraction of sp³-hybridized carbons (Fsp3) is 0.267. The molecule has 1 aliphatic carbocycles. The molecule has 0 unspecified atom stereocenters. The molecule has 3 aromatic rings. The number of halogens is 1. The number of fused-ring (bicyclic) bond motifs is 1. The van der Waals surface area contributed by atoms with Crippen LogP contribution in [0.2, 0.25) is 0 Å². The second-order valence-electron chi connectivity index (χ2n) is 5.40. The Labute approximate surface area is 120 Å². The van der Waals surface area contributed by atoms with Crippen molar-refractivity contribution in [2.45, 2.75) is 25.2 Å². The number of aromatic nitrogens is 4. The first kappa shape index (κ1) is 12.3. The van der Waals surface area contributed by atoms with Gasteiger partial charge < -0.3 is 5.73 Å². The molecule has 0 radical (unpaired) electrons. The molecule has 0 bridgehead atoms. The maximum absolute atomic E-state index is 13.9. The van der Waals surface area contributed by atoms with Crippen LogP contribution in [0, 0.1) is 5.82 Å². The Kier molecular flexibility index (Phi) is 2.63. The minimum absolute atomic E-state index is 0.102. The standard InChI is InChI=1S/C15H14FN5/c16-11-6-13(21-14(11)8-19-15(17)20-21)12-5-4-10(7-18-12)9-2-1-3-9/h4-9H,1-3H2,(H2,17,20). The fourth-order valence-electron chi connectivity index (χ4n) is 2.69. The number of pyridine rings is 1. The van der Waals surface area contributed by atoms with Crippen molar-refractivity contribution >= 4 is 11.5 Å². The largest absolute Gasteiger partial charge is 0.367 e. The van der Waals surface area contributed by atoms with Gasteiger partial charge in [-0.05, 0) is 30.4 Å². The summed E-state index contributed by atoms with van der Waals surface area (Å²) in [4.78, 5) is 8.27. The Morgan fingerprint density at radius 2 is 2.05 bits per heavy atom. The van der Waals surface area contributed by atoms with Crippen molar-refractivity contribution in [1.82, 2.24) is 19.6 Å². The van der Waals surface area contributed by atoms with Crippen molar-refractivity contribution in [2.24, 2.45) is 0 Å². The maximum atomic E-state index is 13.9. The molecule has 0 spiro atoms. The lowest BCUT2D eigenvalue weighted by molar-refractivity contribution is 0.419. The van der Waals surface area contributed by atoms with E-state index in [9.17, 15) is 4.39 Å². The van der Waals surface area contributed by atoms with Gasteiger partial charge in [0.1, 0.15) is 5.52 Å². The van der Waals surface area contributed by atoms with Crippen LogP contribution in [-0.2, 0) is 0 Å². The molecule has 1 saturated carbocycles. The first-order valence-corrected chi connectivity index (χ1v) is 6.98. The molecule has 3 aromatic heterocycles. The molecule has 0 amide bonds. The summed E-state index contributed by atoms with van der Waals surface area (Å²) in [6.07, 6.45) is 7.00. The molecule has 21 heavy (non-hydrogen) atoms. The number of hydrogen-bond donors (Lipinski definition) is 1. The van der Waals surface area contributed by atoms with Crippen molar-refractivity contribution in [1.29, 1.82) is 0 Å². The molecule has 1 fully saturated rings. The molecule has 0 saturated heterocycles. The smallest absolute Gasteiger partial charge is 0.238 e. The number of nitrogen functional groups attached to an aromatic ring is 1. The minimum atomic E-state index is -0.380. The van der Waals surface area contributed by atoms with E-state index in [2.05, 4.69) is 21.1 Å². The molecule has 0 atom stereocenters. The second kappa shape index (κ2) is 4.51. The molecule has 4 rings (SSSR count). The van der Waals surface area contributed by atoms with Crippen molar-refractivity contribution in [3.05, 3.63) is 42.0 Å². The number of hydrogen-bond acceptors (Lipinski definition) is 4. The van der Waals surface area contributed by atoms with Crippen LogP contribution in [0.5, 0.6) is 0 Å². The zero-order valence-corrected chi connectivity index (χ0v) is 11.3. The number of rotatable bonds is 2. The first-order valence-electron chi connectivity index (χ1n) is 6.98. The fourth-order valence-corrected chi connectivity index (χ4v) is 2.69. The SMILES string of the molecule is Nc1ncc2c(F)cc(-c3ccc(C4CCC4)cn3)n2n1. The second-order valence-corrected chi connectivity index (χ2v) is 5.40. The van der Waals surface area contributed by atoms with Crippen molar-refractivity contribution in [3.63, 3.8) is 0 Å². The van der Waals surface area contributed by atoms with E-state index >= 15 is 0 Å². The Hall–Kier alpha value is -2.50. The highest BCUT2D eigenvalue weighted by atomic mass is 19.1. The van der Waals surface area contributed by atoms with Crippen LogP contribution in [0.1, 0.15) is 30.7 Å². The van der Waals surface area contributed by atoms with Gasteiger partial charge in [-0.15, -0.1) is 5.10 Å². The highest BCUT2D eigenvalue weighted by molar-refractivity contribution is 5.64. The molecule has 106 valence electrons. The molecule has 0 aromatic carbocycles. The van der Waals surface area contributed by atoms with E-state index in [4.69, 9.17) is 5.73 Å². The van der Waals surface area contributed by atoms with Gasteiger partial charge in [-0.3, -0.25) is 4.98 Å². The molecule has 2 N–H and O–H groups in total. The summed E-state index contributed by atoms with van der Waals surface area (Å²) in [5, 5.41) is 4.06. The molecule has 3 heterocycles. The predicted molar refractivity (Wildman–Crippen MR) is 77.2 cm³/mol. The summed E-state index contributed by atoms with van der Waals surface area (Å²) < 4.78 is 15.4. The molecule has 0 aliphatic heterocycles. The lowest BCUT2D eigenvalue weighted by Crippen LogP contribution is -2.09. The quantitative estimate of drug-likeness (QED) is 0.785. The summed E-state index contributed by atoms with van der Waals surface area (Å²) in [6, 6.07) is 5.38. The van der Waals surface area contributed by atoms with Crippen LogP contribution < -0.4 is 5.73 Å². The summed E-state index contributed by atoms with van der Waals surface area (Å²) in [5.74, 6) is 0.352. The van der Waals surface area contributed by atoms with Gasteiger partial charge in [0.05, 0.1) is 17.6 Å². The number of nitrogens with two attached hydrogens (primary N) is 1. The van der Waals surface area contributed by atoms with Crippen molar-refractivity contribution in [2.75, 3.05) is 5.73 Å². The Balaban J connectivity index is 1.80. The molecular formula is C15H14FN5. The van der Waals surface area contributed by atoms with Gasteiger partial charge in [-0.25, -0.2) is 13.9 Å². The molecule has 6 heteroatoms. The van der Waals surface area contributed by atoms with E-state index in [1.54, 1.807) is 0 Å². The van der Waals surface area contributed by atoms with Crippen LogP contribution in [0.3, 0.4) is 0 Å². The van der Waals surface area contributed by atoms with Gasteiger partial charge in [0, 0.05) is 12.3 Å². The Morgan fingerprint density at radius 3 is 2.71 bits per heavy atom. The van der Waals surface area contributed by atoms with Crippen molar-refractivity contribution < 1.29 is 4.39 Å². The summed E-state index contributed by atoms with van der Waals surface area (Å²) >= 11 is 0. The zero-order chi connectivity index (χ0) is 14.4. The minimum Gasteiger partial charge on any atom is -0.367 e. The first-order chi connectivity index (χ1) is 10.2. The Bertz CT molecular complexity index is 805. The van der Waals surface area contributed by atoms with Crippen LogP contribution >= 0.6 is 0 Å². The zero-order valence-electron chi connectivity index (χ0n) is 11.3. The van der Waals surface area contributed by atoms with Crippen molar-refractivity contribution in [3.8, 4) is 11.4 Å². The van der Waals surface area contributed by atoms with E-state index in [-0.39, 0.29) is 11.8 Å². The van der Waals surface area contributed by atoms with Crippen LogP contribution in [-0.4, -0.2) is 19.6 Å². The monoisotopic (exact) mass is 283 g/mol. The highest BCUT2D eigenvalue weighted by Gasteiger charge is 2.20. The molecule has 1 aliphatic rings. The third kappa shape index (κ3) is 1.94. The maximum Gasteiger partial charge on any atom is 0.238 e. The van der Waals surface area contributed by atoms with Gasteiger partial charge in [0.25, 0.3) is 0 Å². The van der Waals surface area contributed by atoms with Crippen LogP contribution in [0.4, 0.5) is 10.3 Å². The van der Waals surface area contributed by atoms with Gasteiger partial charge in [-0.1, -0.05) is 12.5 Å². The van der Waals surface area contributed by atoms with E-state index in [0.29, 0.717) is 22.8 Å². The third-order valence-electron chi connectivity index (χ3n) is 4.11. The van der Waals surface area contributed by atoms with E-state index < -0.39 is 0 Å². The van der Waals surface area contributed by atoms with Crippen LogP contribution in [0.15, 0.2) is 30.6 Å². The lowest BCUT2D eigenvalue weighted by atomic mass is 9.81. The summed E-state index contributed by atoms with van der Waals surface area (Å²) in [6.45, 7) is 0. The van der Waals surface area contributed by atoms with Gasteiger partial charge in [0.15, 0.2) is 5.82 Å². The van der Waals surface area contributed by atoms with Gasteiger partial charge in [0.2, 0.25) is 5.95 Å². The summed E-state index contributed by atoms with van der Waals surface area (Å²) in [7, 11) is 0. The predicted octanol–water partition coefficient (Wildman–Crippen LogP) is 2.78. The molecular weight excluding hydrogens is 269 g/mol. The normalized spacial score (nSPS) is 15.3. The number of nitrogens with zero attached hydrogens (tertiary/aromatic N) is 4. The summed E-state index contributed by atoms with van der Waals surface area (Å²) in [5.41, 5.74) is 8.39. The van der Waals surface area contributed by atoms with Gasteiger partial charge >= 0.3 is 0 Å². The average molecular weight is 283 g/mol. The molecule has 5 nitrogen and oxygen atoms in total. The topological polar surface area (TPSA) is 69.1 Å². The highest BCUT2D eigenvalue weighted by Crippen LogP contribution is 2.36. The van der Waals surface area contributed by atoms with Gasteiger partial charge in [-0.2, -0.15) is 0 Å².